The van der Waals surface area contributed by atoms with E-state index in [4.69, 9.17) is 24.9 Å². The number of methoxy groups -OCH3 is 2. The Kier molecular flexibility index (Phi) is 11.1. The Labute approximate surface area is 218 Å². The number of aromatic nitrogens is 2. The fourth-order valence-corrected chi connectivity index (χ4v) is 4.62. The first kappa shape index (κ1) is 26.9. The number of hydrogen-bond donors (Lipinski definition) is 2. The molecule has 0 radical (unpaired) electrons. The van der Waals surface area contributed by atoms with E-state index in [1.807, 2.05) is 24.3 Å². The summed E-state index contributed by atoms with van der Waals surface area (Å²) in [6, 6.07) is 12.0. The van der Waals surface area contributed by atoms with Crippen molar-refractivity contribution in [3.05, 3.63) is 51.2 Å². The lowest BCUT2D eigenvalue weighted by Crippen LogP contribution is -2.20. The highest BCUT2D eigenvalue weighted by atomic mass is 79.9. The van der Waals surface area contributed by atoms with Crippen molar-refractivity contribution in [3.8, 4) is 0 Å². The summed E-state index contributed by atoms with van der Waals surface area (Å²) in [7, 11) is 3.42. The van der Waals surface area contributed by atoms with Gasteiger partial charge in [-0.2, -0.15) is 0 Å². The molecule has 0 amide bonds. The van der Waals surface area contributed by atoms with Gasteiger partial charge in [-0.05, 0) is 55.2 Å². The SMILES string of the molecule is COCCNc1cc(Br)ccc1N.COCCn1c(CC2CCOCC2)nc2ccc(Br)cc21. The Morgan fingerprint density at radius 2 is 1.76 bits per heavy atom. The number of nitrogen functional groups attached to an aromatic ring is 1. The number of imidazole rings is 1. The third kappa shape index (κ3) is 7.95. The van der Waals surface area contributed by atoms with E-state index in [9.17, 15) is 0 Å². The first-order chi connectivity index (χ1) is 16.5. The average Bonchev–Trinajstić information content (AvgIpc) is 3.17. The van der Waals surface area contributed by atoms with Gasteiger partial charge in [-0.3, -0.25) is 0 Å². The molecule has 9 heteroatoms. The molecule has 1 fully saturated rings. The lowest BCUT2D eigenvalue weighted by atomic mass is 9.96. The van der Waals surface area contributed by atoms with Crippen LogP contribution in [0.5, 0.6) is 0 Å². The minimum absolute atomic E-state index is 0.673. The van der Waals surface area contributed by atoms with Gasteiger partial charge < -0.3 is 29.8 Å². The smallest absolute Gasteiger partial charge is 0.110 e. The molecule has 4 rings (SSSR count). The molecule has 1 aliphatic rings. The Hall–Kier alpha value is -1.65. The summed E-state index contributed by atoms with van der Waals surface area (Å²) in [5.41, 5.74) is 9.68. The quantitative estimate of drug-likeness (QED) is 0.250. The lowest BCUT2D eigenvalue weighted by molar-refractivity contribution is 0.0656. The van der Waals surface area contributed by atoms with Crippen LogP contribution in [0.15, 0.2) is 45.3 Å². The summed E-state index contributed by atoms with van der Waals surface area (Å²) in [6.45, 7) is 4.76. The maximum absolute atomic E-state index is 5.75. The standard InChI is InChI=1S/C16H21BrN2O2.C9H13BrN2O/c1-20-9-6-19-15-11-13(17)2-3-14(15)18-16(19)10-12-4-7-21-8-5-12;1-13-5-4-12-9-6-7(10)2-3-8(9)11/h2-3,11-12H,4-10H2,1H3;2-3,6,12H,4-5,11H2,1H3. The van der Waals surface area contributed by atoms with E-state index in [2.05, 4.69) is 53.9 Å². The third-order valence-electron chi connectivity index (χ3n) is 5.76. The highest BCUT2D eigenvalue weighted by Crippen LogP contribution is 2.25. The molecule has 7 nitrogen and oxygen atoms in total. The molecule has 34 heavy (non-hydrogen) atoms. The van der Waals surface area contributed by atoms with E-state index in [1.54, 1.807) is 14.2 Å². The van der Waals surface area contributed by atoms with Crippen LogP contribution in [0.3, 0.4) is 0 Å². The largest absolute Gasteiger partial charge is 0.397 e. The van der Waals surface area contributed by atoms with Gasteiger partial charge >= 0.3 is 0 Å². The predicted molar refractivity (Wildman–Crippen MR) is 145 cm³/mol. The number of hydrogen-bond acceptors (Lipinski definition) is 6. The molecule has 186 valence electrons. The summed E-state index contributed by atoms with van der Waals surface area (Å²) >= 11 is 6.93. The van der Waals surface area contributed by atoms with Crippen molar-refractivity contribution in [2.24, 2.45) is 5.92 Å². The number of benzene rings is 2. The number of fused-ring (bicyclic) bond motifs is 1. The van der Waals surface area contributed by atoms with Crippen molar-refractivity contribution in [1.82, 2.24) is 9.55 Å². The Balaban J connectivity index is 0.000000215. The first-order valence-electron chi connectivity index (χ1n) is 11.5. The molecule has 2 aromatic carbocycles. The average molecular weight is 598 g/mol. The van der Waals surface area contributed by atoms with Crippen LogP contribution in [-0.2, 0) is 27.2 Å². The maximum Gasteiger partial charge on any atom is 0.110 e. The number of anilines is 2. The van der Waals surface area contributed by atoms with E-state index < -0.39 is 0 Å². The van der Waals surface area contributed by atoms with Gasteiger partial charge in [0, 0.05) is 55.9 Å². The minimum Gasteiger partial charge on any atom is -0.397 e. The number of nitrogens with zero attached hydrogens (tertiary/aromatic N) is 2. The molecular weight excluding hydrogens is 564 g/mol. The minimum atomic E-state index is 0.673. The van der Waals surface area contributed by atoms with Crippen molar-refractivity contribution in [3.63, 3.8) is 0 Å². The second-order valence-corrected chi connectivity index (χ2v) is 10.0. The fraction of sp³-hybridized carbons (Fsp3) is 0.480. The van der Waals surface area contributed by atoms with E-state index in [0.29, 0.717) is 19.1 Å². The zero-order valence-electron chi connectivity index (χ0n) is 19.9. The zero-order valence-corrected chi connectivity index (χ0v) is 23.0. The van der Waals surface area contributed by atoms with Crippen LogP contribution in [0, 0.1) is 5.92 Å². The lowest BCUT2D eigenvalue weighted by Gasteiger charge is -2.22. The first-order valence-corrected chi connectivity index (χ1v) is 13.1. The van der Waals surface area contributed by atoms with E-state index in [-0.39, 0.29) is 0 Å². The van der Waals surface area contributed by atoms with E-state index in [0.717, 1.165) is 71.4 Å². The second-order valence-electron chi connectivity index (χ2n) is 8.22. The van der Waals surface area contributed by atoms with Gasteiger partial charge in [-0.15, -0.1) is 0 Å². The van der Waals surface area contributed by atoms with E-state index >= 15 is 0 Å². The maximum atomic E-state index is 5.75. The van der Waals surface area contributed by atoms with Crippen molar-refractivity contribution >= 4 is 54.3 Å². The summed E-state index contributed by atoms with van der Waals surface area (Å²) in [5, 5.41) is 3.17. The van der Waals surface area contributed by atoms with Gasteiger partial charge in [0.2, 0.25) is 0 Å². The van der Waals surface area contributed by atoms with Gasteiger partial charge in [-0.25, -0.2) is 4.98 Å². The molecule has 1 aromatic heterocycles. The molecular formula is C25H34Br2N4O3. The Morgan fingerprint density at radius 3 is 2.50 bits per heavy atom. The number of nitrogens with two attached hydrogens (primary N) is 1. The Morgan fingerprint density at radius 1 is 1.06 bits per heavy atom. The third-order valence-corrected chi connectivity index (χ3v) is 6.74. The molecule has 0 spiro atoms. The molecule has 0 atom stereocenters. The van der Waals surface area contributed by atoms with Crippen LogP contribution >= 0.6 is 31.9 Å². The van der Waals surface area contributed by atoms with Crippen LogP contribution in [0.25, 0.3) is 11.0 Å². The molecule has 0 unspecified atom stereocenters. The second kappa shape index (κ2) is 14.0. The topological polar surface area (TPSA) is 83.6 Å². The molecule has 0 bridgehead atoms. The predicted octanol–water partition coefficient (Wildman–Crippen LogP) is 5.50. The molecule has 3 N–H and O–H groups in total. The highest BCUT2D eigenvalue weighted by molar-refractivity contribution is 9.10. The summed E-state index contributed by atoms with van der Waals surface area (Å²) in [4.78, 5) is 4.85. The summed E-state index contributed by atoms with van der Waals surface area (Å²) < 4.78 is 20.0. The van der Waals surface area contributed by atoms with Crippen LogP contribution in [0.2, 0.25) is 0 Å². The van der Waals surface area contributed by atoms with Gasteiger partial charge in [0.1, 0.15) is 5.82 Å². The zero-order chi connectivity index (χ0) is 24.3. The fourth-order valence-electron chi connectivity index (χ4n) is 3.91. The van der Waals surface area contributed by atoms with Crippen LogP contribution in [0.1, 0.15) is 18.7 Å². The highest BCUT2D eigenvalue weighted by Gasteiger charge is 2.19. The number of nitrogens with one attached hydrogen (secondary N) is 1. The van der Waals surface area contributed by atoms with E-state index in [1.165, 1.54) is 11.3 Å². The molecule has 2 heterocycles. The molecule has 1 aliphatic heterocycles. The monoisotopic (exact) mass is 596 g/mol. The van der Waals surface area contributed by atoms with Gasteiger partial charge in [0.25, 0.3) is 0 Å². The van der Waals surface area contributed by atoms with Crippen molar-refractivity contribution in [2.75, 3.05) is 58.2 Å². The number of rotatable bonds is 9. The summed E-state index contributed by atoms with van der Waals surface area (Å²) in [5.74, 6) is 1.85. The molecule has 0 aliphatic carbocycles. The number of halogens is 2. The van der Waals surface area contributed by atoms with Crippen molar-refractivity contribution in [1.29, 1.82) is 0 Å². The van der Waals surface area contributed by atoms with Gasteiger partial charge in [-0.1, -0.05) is 31.9 Å². The molecule has 0 saturated carbocycles. The molecule has 3 aromatic rings. The number of ether oxygens (including phenoxy) is 3. The van der Waals surface area contributed by atoms with Crippen molar-refractivity contribution in [2.45, 2.75) is 25.8 Å². The Bertz CT molecular complexity index is 1040. The van der Waals surface area contributed by atoms with Gasteiger partial charge in [0.05, 0.1) is 35.6 Å². The van der Waals surface area contributed by atoms with Crippen LogP contribution < -0.4 is 11.1 Å². The van der Waals surface area contributed by atoms with Crippen LogP contribution in [0.4, 0.5) is 11.4 Å². The van der Waals surface area contributed by atoms with Gasteiger partial charge in [0.15, 0.2) is 0 Å². The molecule has 1 saturated heterocycles. The summed E-state index contributed by atoms with van der Waals surface area (Å²) in [6.07, 6.45) is 3.30. The normalized spacial score (nSPS) is 14.1. The van der Waals surface area contributed by atoms with Crippen LogP contribution in [-0.4, -0.2) is 56.7 Å². The van der Waals surface area contributed by atoms with Crippen molar-refractivity contribution < 1.29 is 14.2 Å².